The lowest BCUT2D eigenvalue weighted by Crippen LogP contribution is -2.53. The van der Waals surface area contributed by atoms with E-state index in [9.17, 15) is 18.4 Å². The van der Waals surface area contributed by atoms with Crippen LogP contribution in [0.1, 0.15) is 32.4 Å². The van der Waals surface area contributed by atoms with E-state index in [1.54, 1.807) is 4.90 Å². The van der Waals surface area contributed by atoms with Crippen LogP contribution in [0.4, 0.5) is 8.78 Å². The maximum atomic E-state index is 14.0. The number of carbonyl (C=O) groups excluding carboxylic acids is 2. The van der Waals surface area contributed by atoms with Gasteiger partial charge in [-0.1, -0.05) is 19.9 Å². The molecular weight excluding hydrogens is 354 g/mol. The Balaban J connectivity index is 1.84. The third-order valence-corrected chi connectivity index (χ3v) is 5.06. The highest BCUT2D eigenvalue weighted by Crippen LogP contribution is 2.24. The van der Waals surface area contributed by atoms with Crippen LogP contribution in [0.5, 0.6) is 0 Å². The van der Waals surface area contributed by atoms with Gasteiger partial charge in [0.15, 0.2) is 0 Å². The predicted molar refractivity (Wildman–Crippen MR) is 98.7 cm³/mol. The first-order valence-corrected chi connectivity index (χ1v) is 9.20. The molecule has 1 saturated heterocycles. The monoisotopic (exact) mass is 382 g/mol. The molecule has 2 amide bonds. The first kappa shape index (κ1) is 21.2. The summed E-state index contributed by atoms with van der Waals surface area (Å²) in [5.41, 5.74) is 6.19. The van der Waals surface area contributed by atoms with E-state index in [-0.39, 0.29) is 30.3 Å². The zero-order valence-electron chi connectivity index (χ0n) is 16.0. The minimum atomic E-state index is -0.638. The normalized spacial score (nSPS) is 17.7. The molecule has 1 aliphatic rings. The summed E-state index contributed by atoms with van der Waals surface area (Å²) in [4.78, 5) is 27.9. The van der Waals surface area contributed by atoms with Crippen LogP contribution in [-0.4, -0.2) is 60.4 Å². The third kappa shape index (κ3) is 5.46. The maximum Gasteiger partial charge on any atom is 0.242 e. The average molecular weight is 382 g/mol. The fourth-order valence-electron chi connectivity index (χ4n) is 3.09. The van der Waals surface area contributed by atoms with Crippen molar-refractivity contribution in [1.29, 1.82) is 0 Å². The van der Waals surface area contributed by atoms with Gasteiger partial charge in [-0.25, -0.2) is 8.78 Å². The second-order valence-corrected chi connectivity index (χ2v) is 7.25. The second kappa shape index (κ2) is 9.23. The van der Waals surface area contributed by atoms with E-state index in [2.05, 4.69) is 5.32 Å². The summed E-state index contributed by atoms with van der Waals surface area (Å²) in [6, 6.07) is 2.74. The van der Waals surface area contributed by atoms with Crippen molar-refractivity contribution < 1.29 is 18.4 Å². The molecule has 1 aliphatic heterocycles. The molecule has 0 aliphatic carbocycles. The van der Waals surface area contributed by atoms with Crippen LogP contribution in [0, 0.1) is 17.6 Å². The third-order valence-electron chi connectivity index (χ3n) is 5.06. The van der Waals surface area contributed by atoms with Crippen LogP contribution in [0.2, 0.25) is 0 Å². The Labute approximate surface area is 158 Å². The Morgan fingerprint density at radius 2 is 1.78 bits per heavy atom. The van der Waals surface area contributed by atoms with Crippen LogP contribution >= 0.6 is 0 Å². The molecule has 1 aromatic rings. The summed E-state index contributed by atoms with van der Waals surface area (Å²) >= 11 is 0. The number of hydrogen-bond acceptors (Lipinski definition) is 4. The number of carbonyl (C=O) groups is 2. The molecule has 8 heteroatoms. The number of nitrogens with two attached hydrogens (primary N) is 1. The van der Waals surface area contributed by atoms with Crippen molar-refractivity contribution in [3.05, 3.63) is 35.4 Å². The van der Waals surface area contributed by atoms with Gasteiger partial charge in [0.2, 0.25) is 11.8 Å². The molecule has 0 saturated carbocycles. The standard InChI is InChI=1S/C19H28F2N4O2/c1-12(2)18(22)19(27)23-11-17(26)25-8-6-24(7-9-25)13(3)15-5-4-14(20)10-16(15)21/h4-5,10,12-13,18H,6-9,11,22H2,1-3H3,(H,23,27)/t13?,18-/m0/s1. The Bertz CT molecular complexity index is 676. The molecule has 27 heavy (non-hydrogen) atoms. The highest BCUT2D eigenvalue weighted by atomic mass is 19.1. The second-order valence-electron chi connectivity index (χ2n) is 7.25. The summed E-state index contributed by atoms with van der Waals surface area (Å²) in [7, 11) is 0. The fourth-order valence-corrected chi connectivity index (χ4v) is 3.09. The molecule has 2 atom stereocenters. The zero-order chi connectivity index (χ0) is 20.1. The van der Waals surface area contributed by atoms with Crippen molar-refractivity contribution in [2.45, 2.75) is 32.9 Å². The quantitative estimate of drug-likeness (QED) is 0.777. The lowest BCUT2D eigenvalue weighted by atomic mass is 10.0. The highest BCUT2D eigenvalue weighted by molar-refractivity contribution is 5.87. The highest BCUT2D eigenvalue weighted by Gasteiger charge is 2.26. The number of amides is 2. The van der Waals surface area contributed by atoms with Crippen molar-refractivity contribution in [3.8, 4) is 0 Å². The first-order valence-electron chi connectivity index (χ1n) is 9.20. The number of halogens is 2. The predicted octanol–water partition coefficient (Wildman–Crippen LogP) is 1.27. The molecule has 1 unspecified atom stereocenters. The van der Waals surface area contributed by atoms with Gasteiger partial charge in [-0.3, -0.25) is 14.5 Å². The molecule has 1 heterocycles. The van der Waals surface area contributed by atoms with Crippen LogP contribution in [-0.2, 0) is 9.59 Å². The number of nitrogens with one attached hydrogen (secondary N) is 1. The summed E-state index contributed by atoms with van der Waals surface area (Å²) in [6.45, 7) is 7.58. The van der Waals surface area contributed by atoms with E-state index >= 15 is 0 Å². The summed E-state index contributed by atoms with van der Waals surface area (Å²) in [5, 5.41) is 2.58. The van der Waals surface area contributed by atoms with E-state index in [1.165, 1.54) is 12.1 Å². The van der Waals surface area contributed by atoms with E-state index < -0.39 is 17.7 Å². The van der Waals surface area contributed by atoms with Gasteiger partial charge in [0.25, 0.3) is 0 Å². The summed E-state index contributed by atoms with van der Waals surface area (Å²) < 4.78 is 27.1. The molecule has 150 valence electrons. The molecule has 0 radical (unpaired) electrons. The Morgan fingerprint density at radius 3 is 2.33 bits per heavy atom. The van der Waals surface area contributed by atoms with Crippen molar-refractivity contribution in [3.63, 3.8) is 0 Å². The summed E-state index contributed by atoms with van der Waals surface area (Å²) in [5.74, 6) is -1.67. The van der Waals surface area contributed by atoms with E-state index in [0.717, 1.165) is 6.07 Å². The number of rotatable bonds is 6. The van der Waals surface area contributed by atoms with E-state index in [1.807, 2.05) is 25.7 Å². The Hall–Kier alpha value is -2.06. The van der Waals surface area contributed by atoms with Crippen LogP contribution in [0.25, 0.3) is 0 Å². The van der Waals surface area contributed by atoms with Gasteiger partial charge in [0, 0.05) is 43.9 Å². The van der Waals surface area contributed by atoms with Crippen LogP contribution in [0.3, 0.4) is 0 Å². The molecule has 1 fully saturated rings. The lowest BCUT2D eigenvalue weighted by Gasteiger charge is -2.38. The Kier molecular flexibility index (Phi) is 7.26. The van der Waals surface area contributed by atoms with Gasteiger partial charge >= 0.3 is 0 Å². The van der Waals surface area contributed by atoms with Crippen LogP contribution < -0.4 is 11.1 Å². The van der Waals surface area contributed by atoms with Gasteiger partial charge in [-0.2, -0.15) is 0 Å². The van der Waals surface area contributed by atoms with Gasteiger partial charge < -0.3 is 16.0 Å². The minimum Gasteiger partial charge on any atom is -0.346 e. The topological polar surface area (TPSA) is 78.7 Å². The zero-order valence-corrected chi connectivity index (χ0v) is 16.0. The first-order chi connectivity index (χ1) is 12.7. The minimum absolute atomic E-state index is 0.00279. The largest absolute Gasteiger partial charge is 0.346 e. The fraction of sp³-hybridized carbons (Fsp3) is 0.579. The van der Waals surface area contributed by atoms with Crippen molar-refractivity contribution in [2.24, 2.45) is 11.7 Å². The van der Waals surface area contributed by atoms with E-state index in [4.69, 9.17) is 5.73 Å². The number of benzene rings is 1. The summed E-state index contributed by atoms with van der Waals surface area (Å²) in [6.07, 6.45) is 0. The molecule has 3 N–H and O–H groups in total. The molecular formula is C19H28F2N4O2. The van der Waals surface area contributed by atoms with Gasteiger partial charge in [0.1, 0.15) is 11.6 Å². The maximum absolute atomic E-state index is 14.0. The lowest BCUT2D eigenvalue weighted by molar-refractivity contribution is -0.135. The van der Waals surface area contributed by atoms with E-state index in [0.29, 0.717) is 31.7 Å². The molecule has 1 aromatic carbocycles. The molecule has 6 nitrogen and oxygen atoms in total. The van der Waals surface area contributed by atoms with Gasteiger partial charge in [-0.15, -0.1) is 0 Å². The SMILES string of the molecule is CC(C)[C@H](N)C(=O)NCC(=O)N1CCN(C(C)c2ccc(F)cc2F)CC1. The number of nitrogens with zero attached hydrogens (tertiary/aromatic N) is 2. The number of hydrogen-bond donors (Lipinski definition) is 2. The van der Waals surface area contributed by atoms with Gasteiger partial charge in [0.05, 0.1) is 12.6 Å². The van der Waals surface area contributed by atoms with Crippen molar-refractivity contribution in [1.82, 2.24) is 15.1 Å². The average Bonchev–Trinajstić information content (AvgIpc) is 2.64. The van der Waals surface area contributed by atoms with Crippen LogP contribution in [0.15, 0.2) is 18.2 Å². The molecule has 0 spiro atoms. The smallest absolute Gasteiger partial charge is 0.242 e. The molecule has 0 bridgehead atoms. The Morgan fingerprint density at radius 1 is 1.15 bits per heavy atom. The van der Waals surface area contributed by atoms with Crippen molar-refractivity contribution in [2.75, 3.05) is 32.7 Å². The molecule has 2 rings (SSSR count). The number of piperazine rings is 1. The molecule has 0 aromatic heterocycles. The van der Waals surface area contributed by atoms with Gasteiger partial charge in [-0.05, 0) is 18.9 Å². The van der Waals surface area contributed by atoms with Crippen molar-refractivity contribution >= 4 is 11.8 Å².